The maximum atomic E-state index is 13.4. The van der Waals surface area contributed by atoms with E-state index in [1.807, 2.05) is 0 Å². The van der Waals surface area contributed by atoms with E-state index < -0.39 is 23.2 Å². The van der Waals surface area contributed by atoms with Gasteiger partial charge in [0, 0.05) is 19.7 Å². The highest BCUT2D eigenvalue weighted by Crippen LogP contribution is 2.11. The van der Waals surface area contributed by atoms with E-state index in [9.17, 15) is 18.4 Å². The lowest BCUT2D eigenvalue weighted by atomic mass is 10.1. The number of aromatic nitrogens is 3. The van der Waals surface area contributed by atoms with Crippen LogP contribution in [0.25, 0.3) is 0 Å². The molecule has 0 unspecified atom stereocenters. The van der Waals surface area contributed by atoms with Gasteiger partial charge in [-0.15, -0.1) is 5.10 Å². The highest BCUT2D eigenvalue weighted by atomic mass is 19.1. The molecule has 0 bridgehead atoms. The van der Waals surface area contributed by atoms with Crippen molar-refractivity contribution in [2.75, 3.05) is 6.54 Å². The van der Waals surface area contributed by atoms with E-state index >= 15 is 0 Å². The molecule has 0 aliphatic heterocycles. The number of nitrogens with zero attached hydrogens (tertiary/aromatic N) is 2. The maximum absolute atomic E-state index is 13.4. The Morgan fingerprint density at radius 1 is 1.43 bits per heavy atom. The minimum atomic E-state index is -0.622. The van der Waals surface area contributed by atoms with Gasteiger partial charge in [-0.1, -0.05) is 6.07 Å². The van der Waals surface area contributed by atoms with Gasteiger partial charge >= 0.3 is 5.69 Å². The molecule has 0 aliphatic rings. The van der Waals surface area contributed by atoms with Crippen molar-refractivity contribution in [3.8, 4) is 0 Å². The fourth-order valence-corrected chi connectivity index (χ4v) is 1.79. The van der Waals surface area contributed by atoms with Crippen LogP contribution in [0.4, 0.5) is 8.78 Å². The number of halogens is 2. The predicted octanol–water partition coefficient (Wildman–Crippen LogP) is 0.749. The first-order valence-corrected chi connectivity index (χ1v) is 6.33. The fraction of sp³-hybridized carbons (Fsp3) is 0.308. The normalized spacial score (nSPS) is 10.6. The van der Waals surface area contributed by atoms with E-state index in [1.54, 1.807) is 0 Å². The maximum Gasteiger partial charge on any atom is 0.343 e. The highest BCUT2D eigenvalue weighted by Gasteiger charge is 2.11. The minimum Gasteiger partial charge on any atom is -0.349 e. The summed E-state index contributed by atoms with van der Waals surface area (Å²) in [5.74, 6) is -1.80. The Balaban J connectivity index is 1.82. The lowest BCUT2D eigenvalue weighted by Crippen LogP contribution is -2.26. The molecule has 0 fully saturated rings. The summed E-state index contributed by atoms with van der Waals surface area (Å²) >= 11 is 0. The Kier molecular flexibility index (Phi) is 4.46. The summed E-state index contributed by atoms with van der Waals surface area (Å²) in [6.45, 7) is 0.286. The van der Waals surface area contributed by atoms with E-state index in [-0.39, 0.29) is 12.4 Å². The van der Waals surface area contributed by atoms with Crippen molar-refractivity contribution >= 4 is 5.91 Å². The second kappa shape index (κ2) is 6.29. The first-order chi connectivity index (χ1) is 9.97. The molecule has 6 nitrogen and oxygen atoms in total. The van der Waals surface area contributed by atoms with Crippen LogP contribution in [0.2, 0.25) is 0 Å². The number of benzene rings is 1. The molecule has 0 radical (unpaired) electrons. The van der Waals surface area contributed by atoms with Crippen LogP contribution in [0, 0.1) is 11.6 Å². The summed E-state index contributed by atoms with van der Waals surface area (Å²) in [6, 6.07) is 3.39. The number of aryl methyl sites for hydroxylation is 2. The van der Waals surface area contributed by atoms with E-state index in [1.165, 1.54) is 19.2 Å². The number of aromatic amines is 1. The highest BCUT2D eigenvalue weighted by molar-refractivity contribution is 5.90. The van der Waals surface area contributed by atoms with Gasteiger partial charge in [0.05, 0.1) is 0 Å². The molecule has 8 heteroatoms. The van der Waals surface area contributed by atoms with Crippen molar-refractivity contribution in [1.29, 1.82) is 0 Å². The first-order valence-electron chi connectivity index (χ1n) is 6.33. The quantitative estimate of drug-likeness (QED) is 0.799. The Hall–Kier alpha value is -2.51. The SMILES string of the molecule is Cn1nc(C(=O)NCCCc2ccc(F)cc2F)[nH]c1=O. The van der Waals surface area contributed by atoms with Gasteiger partial charge in [0.1, 0.15) is 11.6 Å². The van der Waals surface area contributed by atoms with Crippen LogP contribution in [-0.2, 0) is 13.5 Å². The zero-order valence-corrected chi connectivity index (χ0v) is 11.3. The van der Waals surface area contributed by atoms with Crippen LogP contribution in [0.1, 0.15) is 22.6 Å². The number of rotatable bonds is 5. The molecule has 1 aromatic carbocycles. The van der Waals surface area contributed by atoms with Crippen molar-refractivity contribution in [1.82, 2.24) is 20.1 Å². The first kappa shape index (κ1) is 14.9. The molecule has 1 amide bonds. The van der Waals surface area contributed by atoms with Gasteiger partial charge in [-0.25, -0.2) is 18.3 Å². The molecule has 0 aliphatic carbocycles. The summed E-state index contributed by atoms with van der Waals surface area (Å²) in [5, 5.41) is 6.26. The summed E-state index contributed by atoms with van der Waals surface area (Å²) in [4.78, 5) is 25.1. The van der Waals surface area contributed by atoms with Crippen LogP contribution in [-0.4, -0.2) is 27.2 Å². The smallest absolute Gasteiger partial charge is 0.343 e. The molecule has 1 aromatic heterocycles. The van der Waals surface area contributed by atoms with Crippen LogP contribution in [0.5, 0.6) is 0 Å². The molecule has 2 N–H and O–H groups in total. The number of H-pyrrole nitrogens is 1. The van der Waals surface area contributed by atoms with Crippen molar-refractivity contribution in [3.63, 3.8) is 0 Å². The second-order valence-electron chi connectivity index (χ2n) is 4.50. The van der Waals surface area contributed by atoms with Gasteiger partial charge in [-0.05, 0) is 24.5 Å². The number of carbonyl (C=O) groups is 1. The second-order valence-corrected chi connectivity index (χ2v) is 4.50. The molecular formula is C13H14F2N4O2. The average Bonchev–Trinajstić information content (AvgIpc) is 2.76. The molecule has 21 heavy (non-hydrogen) atoms. The van der Waals surface area contributed by atoms with Crippen LogP contribution < -0.4 is 11.0 Å². The van der Waals surface area contributed by atoms with Crippen molar-refractivity contribution in [2.24, 2.45) is 7.05 Å². The fourth-order valence-electron chi connectivity index (χ4n) is 1.79. The number of nitrogens with one attached hydrogen (secondary N) is 2. The predicted molar refractivity (Wildman–Crippen MR) is 70.8 cm³/mol. The molecule has 0 atom stereocenters. The Morgan fingerprint density at radius 3 is 2.81 bits per heavy atom. The van der Waals surface area contributed by atoms with Gasteiger partial charge < -0.3 is 5.32 Å². The van der Waals surface area contributed by atoms with Crippen molar-refractivity contribution < 1.29 is 13.6 Å². The van der Waals surface area contributed by atoms with Gasteiger partial charge in [0.2, 0.25) is 5.82 Å². The molecule has 112 valence electrons. The Morgan fingerprint density at radius 2 is 2.19 bits per heavy atom. The molecule has 0 spiro atoms. The Labute approximate surface area is 118 Å². The van der Waals surface area contributed by atoms with Gasteiger partial charge in [0.15, 0.2) is 0 Å². The van der Waals surface area contributed by atoms with Gasteiger partial charge in [0.25, 0.3) is 5.91 Å². The standard InChI is InChI=1S/C13H14F2N4O2/c1-19-13(21)17-11(18-19)12(20)16-6-2-3-8-4-5-9(14)7-10(8)15/h4-5,7H,2-3,6H2,1H3,(H,16,20)(H,17,18,21). The van der Waals surface area contributed by atoms with Crippen molar-refractivity contribution in [3.05, 3.63) is 51.7 Å². The van der Waals surface area contributed by atoms with E-state index in [4.69, 9.17) is 0 Å². The third-order valence-electron chi connectivity index (χ3n) is 2.91. The van der Waals surface area contributed by atoms with Crippen molar-refractivity contribution in [2.45, 2.75) is 12.8 Å². The summed E-state index contributed by atoms with van der Waals surface area (Å²) in [7, 11) is 1.42. The van der Waals surface area contributed by atoms with Gasteiger partial charge in [-0.2, -0.15) is 0 Å². The monoisotopic (exact) mass is 296 g/mol. The number of hydrogen-bond donors (Lipinski definition) is 2. The topological polar surface area (TPSA) is 79.8 Å². The van der Waals surface area contributed by atoms with Gasteiger partial charge in [-0.3, -0.25) is 9.78 Å². The lowest BCUT2D eigenvalue weighted by molar-refractivity contribution is 0.0942. The third kappa shape index (κ3) is 3.74. The number of amides is 1. The average molecular weight is 296 g/mol. The summed E-state index contributed by atoms with van der Waals surface area (Å²) in [6.07, 6.45) is 0.844. The summed E-state index contributed by atoms with van der Waals surface area (Å²) < 4.78 is 27.1. The van der Waals surface area contributed by atoms with E-state index in [0.29, 0.717) is 18.4 Å². The van der Waals surface area contributed by atoms with E-state index in [0.717, 1.165) is 10.7 Å². The number of carbonyl (C=O) groups excluding carboxylic acids is 1. The summed E-state index contributed by atoms with van der Waals surface area (Å²) in [5.41, 5.74) is -0.0922. The molecule has 2 rings (SSSR count). The largest absolute Gasteiger partial charge is 0.349 e. The van der Waals surface area contributed by atoms with Crippen LogP contribution in [0.3, 0.4) is 0 Å². The van der Waals surface area contributed by atoms with Crippen LogP contribution in [0.15, 0.2) is 23.0 Å². The molecule has 1 heterocycles. The molecule has 2 aromatic rings. The zero-order valence-electron chi connectivity index (χ0n) is 11.3. The third-order valence-corrected chi connectivity index (χ3v) is 2.91. The minimum absolute atomic E-state index is 0.0736. The lowest BCUT2D eigenvalue weighted by Gasteiger charge is -2.04. The van der Waals surface area contributed by atoms with E-state index in [2.05, 4.69) is 15.4 Å². The molecular weight excluding hydrogens is 282 g/mol. The number of hydrogen-bond acceptors (Lipinski definition) is 3. The molecule has 0 saturated carbocycles. The molecule has 0 saturated heterocycles. The zero-order chi connectivity index (χ0) is 15.4. The Bertz CT molecular complexity index is 708. The van der Waals surface area contributed by atoms with Crippen LogP contribution >= 0.6 is 0 Å².